The fourth-order valence-electron chi connectivity index (χ4n) is 3.10. The number of hydrogen-bond donors (Lipinski definition) is 1. The third-order valence-electron chi connectivity index (χ3n) is 4.30. The molecule has 0 unspecified atom stereocenters. The number of methoxy groups -OCH3 is 1. The van der Waals surface area contributed by atoms with Crippen LogP contribution >= 0.6 is 11.3 Å². The number of nitrogens with zero attached hydrogens (tertiary/aromatic N) is 1. The highest BCUT2D eigenvalue weighted by atomic mass is 32.1. The Balaban J connectivity index is 1.84. The maximum atomic E-state index is 12.0. The molecular formula is C18H16N2O3S. The molecule has 2 aromatic heterocycles. The Hall–Kier alpha value is -2.60. The first-order chi connectivity index (χ1) is 11.7. The molecule has 3 heterocycles. The lowest BCUT2D eigenvalue weighted by Crippen LogP contribution is -2.20. The van der Waals surface area contributed by atoms with Gasteiger partial charge in [0.2, 0.25) is 5.88 Å². The van der Waals surface area contributed by atoms with Crippen molar-refractivity contribution in [2.24, 2.45) is 0 Å². The molecule has 0 aliphatic carbocycles. The van der Waals surface area contributed by atoms with Crippen LogP contribution in [0.5, 0.6) is 11.6 Å². The van der Waals surface area contributed by atoms with Gasteiger partial charge in [-0.3, -0.25) is 9.89 Å². The van der Waals surface area contributed by atoms with Crippen LogP contribution in [0, 0.1) is 6.92 Å². The van der Waals surface area contributed by atoms with Gasteiger partial charge in [-0.1, -0.05) is 0 Å². The van der Waals surface area contributed by atoms with Crippen molar-refractivity contribution in [2.75, 3.05) is 7.11 Å². The monoisotopic (exact) mass is 340 g/mol. The number of carbonyl (C=O) groups excluding carboxylic acids is 1. The molecule has 122 valence electrons. The molecular weight excluding hydrogens is 324 g/mol. The van der Waals surface area contributed by atoms with Crippen molar-refractivity contribution in [1.29, 1.82) is 0 Å². The zero-order chi connectivity index (χ0) is 16.7. The first kappa shape index (κ1) is 15.0. The predicted octanol–water partition coefficient (Wildman–Crippen LogP) is 3.90. The van der Waals surface area contributed by atoms with Crippen LogP contribution < -0.4 is 9.47 Å². The molecule has 3 aromatic rings. The van der Waals surface area contributed by atoms with E-state index >= 15 is 0 Å². The van der Waals surface area contributed by atoms with E-state index in [2.05, 4.69) is 28.6 Å². The third kappa shape index (κ3) is 2.39. The van der Waals surface area contributed by atoms with E-state index in [0.717, 1.165) is 22.6 Å². The lowest BCUT2D eigenvalue weighted by molar-refractivity contribution is -0.135. The van der Waals surface area contributed by atoms with Gasteiger partial charge in [0.25, 0.3) is 0 Å². The Morgan fingerprint density at radius 1 is 1.29 bits per heavy atom. The van der Waals surface area contributed by atoms with Gasteiger partial charge in [0.1, 0.15) is 5.75 Å². The Morgan fingerprint density at radius 3 is 2.75 bits per heavy atom. The van der Waals surface area contributed by atoms with Crippen molar-refractivity contribution in [1.82, 2.24) is 10.2 Å². The number of aromatic nitrogens is 2. The highest BCUT2D eigenvalue weighted by Gasteiger charge is 2.35. The number of ether oxygens (including phenoxy) is 2. The number of aryl methyl sites for hydroxylation is 1. The molecule has 5 nitrogen and oxygen atoms in total. The number of rotatable bonds is 3. The molecule has 24 heavy (non-hydrogen) atoms. The largest absolute Gasteiger partial charge is 0.497 e. The normalized spacial score (nSPS) is 16.6. The van der Waals surface area contributed by atoms with E-state index in [-0.39, 0.29) is 11.9 Å². The number of benzene rings is 1. The number of fused-ring (bicyclic) bond motifs is 1. The standard InChI is InChI=1S/C18H16N2O3S/c1-10-7-8-24-17(10)13-9-14(21)23-18-15(13)16(19-20-18)11-3-5-12(22-2)6-4-11/h3-8,13H,9H2,1-2H3,(H,19,20)/t13-/m1/s1. The minimum absolute atomic E-state index is 0.0305. The highest BCUT2D eigenvalue weighted by molar-refractivity contribution is 7.10. The van der Waals surface area contributed by atoms with Crippen LogP contribution in [0.25, 0.3) is 11.3 Å². The molecule has 0 saturated carbocycles. The van der Waals surface area contributed by atoms with Crippen molar-refractivity contribution >= 4 is 17.3 Å². The summed E-state index contributed by atoms with van der Waals surface area (Å²) >= 11 is 1.67. The van der Waals surface area contributed by atoms with Gasteiger partial charge in [-0.25, -0.2) is 0 Å². The zero-order valence-corrected chi connectivity index (χ0v) is 14.1. The minimum Gasteiger partial charge on any atom is -0.497 e. The molecule has 6 heteroatoms. The molecule has 0 amide bonds. The summed E-state index contributed by atoms with van der Waals surface area (Å²) in [4.78, 5) is 13.2. The van der Waals surface area contributed by atoms with Gasteiger partial charge in [-0.2, -0.15) is 0 Å². The van der Waals surface area contributed by atoms with E-state index in [1.54, 1.807) is 18.4 Å². The summed E-state index contributed by atoms with van der Waals surface area (Å²) in [6.45, 7) is 2.07. The van der Waals surface area contributed by atoms with E-state index in [1.165, 1.54) is 10.4 Å². The molecule has 0 fully saturated rings. The third-order valence-corrected chi connectivity index (χ3v) is 5.43. The van der Waals surface area contributed by atoms with Gasteiger partial charge in [0, 0.05) is 16.4 Å². The fourth-order valence-corrected chi connectivity index (χ4v) is 4.13. The molecule has 4 rings (SSSR count). The van der Waals surface area contributed by atoms with Crippen LogP contribution in [0.1, 0.15) is 28.3 Å². The van der Waals surface area contributed by atoms with Crippen LogP contribution in [-0.2, 0) is 4.79 Å². The maximum Gasteiger partial charge on any atom is 0.313 e. The summed E-state index contributed by atoms with van der Waals surface area (Å²) in [5.74, 6) is 0.907. The molecule has 1 aliphatic rings. The smallest absolute Gasteiger partial charge is 0.313 e. The molecule has 0 bridgehead atoms. The SMILES string of the molecule is COc1ccc(-c2[nH]nc3c2[C@H](c2sccc2C)CC(=O)O3)cc1. The molecule has 1 aromatic carbocycles. The van der Waals surface area contributed by atoms with E-state index < -0.39 is 0 Å². The zero-order valence-electron chi connectivity index (χ0n) is 13.3. The first-order valence-corrected chi connectivity index (χ1v) is 8.52. The van der Waals surface area contributed by atoms with Crippen molar-refractivity contribution in [3.05, 3.63) is 51.7 Å². The number of thiophene rings is 1. The minimum atomic E-state index is -0.243. The Kier molecular flexibility index (Phi) is 3.61. The van der Waals surface area contributed by atoms with Crippen LogP contribution in [-0.4, -0.2) is 23.3 Å². The first-order valence-electron chi connectivity index (χ1n) is 7.64. The van der Waals surface area contributed by atoms with Crippen molar-refractivity contribution < 1.29 is 14.3 Å². The van der Waals surface area contributed by atoms with E-state index in [1.807, 2.05) is 24.3 Å². The molecule has 0 radical (unpaired) electrons. The van der Waals surface area contributed by atoms with Gasteiger partial charge >= 0.3 is 5.97 Å². The van der Waals surface area contributed by atoms with Crippen molar-refractivity contribution in [2.45, 2.75) is 19.3 Å². The van der Waals surface area contributed by atoms with Crippen molar-refractivity contribution in [3.63, 3.8) is 0 Å². The predicted molar refractivity (Wildman–Crippen MR) is 91.7 cm³/mol. The van der Waals surface area contributed by atoms with Gasteiger partial charge < -0.3 is 9.47 Å². The maximum absolute atomic E-state index is 12.0. The van der Waals surface area contributed by atoms with Gasteiger partial charge in [-0.15, -0.1) is 16.4 Å². The Labute approximate surface area is 143 Å². The Morgan fingerprint density at radius 2 is 2.08 bits per heavy atom. The van der Waals surface area contributed by atoms with Crippen LogP contribution in [0.4, 0.5) is 0 Å². The Bertz CT molecular complexity index is 895. The van der Waals surface area contributed by atoms with Crippen LogP contribution in [0.15, 0.2) is 35.7 Å². The van der Waals surface area contributed by atoms with Gasteiger partial charge in [0.15, 0.2) is 0 Å². The van der Waals surface area contributed by atoms with E-state index in [0.29, 0.717) is 12.3 Å². The number of nitrogens with one attached hydrogen (secondary N) is 1. The number of esters is 1. The van der Waals surface area contributed by atoms with Gasteiger partial charge in [-0.05, 0) is 48.2 Å². The van der Waals surface area contributed by atoms with E-state index in [9.17, 15) is 4.79 Å². The number of aromatic amines is 1. The summed E-state index contributed by atoms with van der Waals surface area (Å²) in [5, 5.41) is 9.31. The summed E-state index contributed by atoms with van der Waals surface area (Å²) in [7, 11) is 1.64. The average Bonchev–Trinajstić information content (AvgIpc) is 3.20. The molecule has 0 spiro atoms. The molecule has 1 N–H and O–H groups in total. The number of H-pyrrole nitrogens is 1. The lowest BCUT2D eigenvalue weighted by Gasteiger charge is -2.22. The second-order valence-corrected chi connectivity index (χ2v) is 6.69. The van der Waals surface area contributed by atoms with Gasteiger partial charge in [0.05, 0.1) is 24.8 Å². The quantitative estimate of drug-likeness (QED) is 0.735. The summed E-state index contributed by atoms with van der Waals surface area (Å²) < 4.78 is 10.6. The second kappa shape index (κ2) is 5.79. The summed E-state index contributed by atoms with van der Waals surface area (Å²) in [6.07, 6.45) is 0.330. The van der Waals surface area contributed by atoms with Crippen LogP contribution in [0.2, 0.25) is 0 Å². The second-order valence-electron chi connectivity index (χ2n) is 5.74. The van der Waals surface area contributed by atoms with Crippen molar-refractivity contribution in [3.8, 4) is 22.9 Å². The summed E-state index contributed by atoms with van der Waals surface area (Å²) in [6, 6.07) is 9.83. The number of carbonyl (C=O) groups is 1. The van der Waals surface area contributed by atoms with Crippen LogP contribution in [0.3, 0.4) is 0 Å². The highest BCUT2D eigenvalue weighted by Crippen LogP contribution is 2.45. The topological polar surface area (TPSA) is 64.2 Å². The average molecular weight is 340 g/mol. The molecule has 1 aliphatic heterocycles. The molecule has 1 atom stereocenters. The number of hydrogen-bond acceptors (Lipinski definition) is 5. The summed E-state index contributed by atoms with van der Waals surface area (Å²) in [5.41, 5.74) is 4.01. The van der Waals surface area contributed by atoms with E-state index in [4.69, 9.17) is 9.47 Å². The lowest BCUT2D eigenvalue weighted by atomic mass is 9.89. The fraction of sp³-hybridized carbons (Fsp3) is 0.222. The molecule has 0 saturated heterocycles.